The van der Waals surface area contributed by atoms with E-state index < -0.39 is 28.5 Å². The third kappa shape index (κ3) is 1.83. The quantitative estimate of drug-likeness (QED) is 0.816. The SMILES string of the molecule is O=c1[nH]c2c(C(F)(F)F)cccc2c(=O)n1C1CNC1. The maximum absolute atomic E-state index is 12.9. The number of hydrogen-bond acceptors (Lipinski definition) is 3. The van der Waals surface area contributed by atoms with Crippen molar-refractivity contribution in [3.63, 3.8) is 0 Å². The average Bonchev–Trinajstić information content (AvgIpc) is 2.30. The van der Waals surface area contributed by atoms with Crippen LogP contribution in [0.3, 0.4) is 0 Å². The zero-order chi connectivity index (χ0) is 14.5. The van der Waals surface area contributed by atoms with Gasteiger partial charge in [0.1, 0.15) is 0 Å². The third-order valence-electron chi connectivity index (χ3n) is 3.39. The lowest BCUT2D eigenvalue weighted by atomic mass is 10.1. The number of aromatic amines is 1. The van der Waals surface area contributed by atoms with Crippen molar-refractivity contribution in [3.05, 3.63) is 44.6 Å². The van der Waals surface area contributed by atoms with Crippen LogP contribution in [0, 0.1) is 0 Å². The predicted octanol–water partition coefficient (Wildman–Crippen LogP) is 0.853. The molecule has 0 radical (unpaired) electrons. The van der Waals surface area contributed by atoms with Crippen molar-refractivity contribution in [1.82, 2.24) is 14.9 Å². The van der Waals surface area contributed by atoms with E-state index in [4.69, 9.17) is 0 Å². The molecule has 20 heavy (non-hydrogen) atoms. The molecule has 3 rings (SSSR count). The van der Waals surface area contributed by atoms with Crippen molar-refractivity contribution in [2.24, 2.45) is 0 Å². The van der Waals surface area contributed by atoms with Crippen LogP contribution in [0.5, 0.6) is 0 Å². The summed E-state index contributed by atoms with van der Waals surface area (Å²) in [6.07, 6.45) is -4.63. The molecule has 0 bridgehead atoms. The number of halogens is 3. The summed E-state index contributed by atoms with van der Waals surface area (Å²) in [5.41, 5.74) is -2.98. The van der Waals surface area contributed by atoms with Gasteiger partial charge in [0.25, 0.3) is 5.56 Å². The van der Waals surface area contributed by atoms with Crippen molar-refractivity contribution in [2.75, 3.05) is 13.1 Å². The summed E-state index contributed by atoms with van der Waals surface area (Å²) in [5.74, 6) is 0. The highest BCUT2D eigenvalue weighted by Gasteiger charge is 2.34. The molecule has 5 nitrogen and oxygen atoms in total. The van der Waals surface area contributed by atoms with Crippen molar-refractivity contribution in [1.29, 1.82) is 0 Å². The zero-order valence-corrected chi connectivity index (χ0v) is 10.1. The second-order valence-corrected chi connectivity index (χ2v) is 4.64. The fourth-order valence-corrected chi connectivity index (χ4v) is 2.28. The molecule has 0 spiro atoms. The molecule has 1 fully saturated rings. The van der Waals surface area contributed by atoms with Gasteiger partial charge in [-0.1, -0.05) is 6.07 Å². The lowest BCUT2D eigenvalue weighted by Crippen LogP contribution is -2.52. The van der Waals surface area contributed by atoms with Crippen molar-refractivity contribution < 1.29 is 13.2 Å². The molecule has 8 heteroatoms. The van der Waals surface area contributed by atoms with E-state index in [9.17, 15) is 22.8 Å². The van der Waals surface area contributed by atoms with Gasteiger partial charge < -0.3 is 10.3 Å². The van der Waals surface area contributed by atoms with E-state index >= 15 is 0 Å². The zero-order valence-electron chi connectivity index (χ0n) is 10.1. The number of nitrogens with zero attached hydrogens (tertiary/aromatic N) is 1. The number of nitrogens with one attached hydrogen (secondary N) is 2. The molecule has 0 atom stereocenters. The minimum Gasteiger partial charge on any atom is -0.312 e. The number of para-hydroxylation sites is 1. The van der Waals surface area contributed by atoms with Crippen LogP contribution in [0.15, 0.2) is 27.8 Å². The Morgan fingerprint density at radius 1 is 1.20 bits per heavy atom. The van der Waals surface area contributed by atoms with Crippen LogP contribution in [-0.4, -0.2) is 22.6 Å². The van der Waals surface area contributed by atoms with Crippen molar-refractivity contribution >= 4 is 10.9 Å². The molecule has 0 unspecified atom stereocenters. The molecule has 1 aliphatic heterocycles. The Balaban J connectivity index is 2.36. The molecule has 1 aromatic carbocycles. The summed E-state index contributed by atoms with van der Waals surface area (Å²) < 4.78 is 39.6. The lowest BCUT2D eigenvalue weighted by Gasteiger charge is -2.28. The lowest BCUT2D eigenvalue weighted by molar-refractivity contribution is -0.136. The minimum absolute atomic E-state index is 0.133. The van der Waals surface area contributed by atoms with E-state index in [0.29, 0.717) is 13.1 Å². The van der Waals surface area contributed by atoms with Crippen LogP contribution in [0.25, 0.3) is 10.9 Å². The molecule has 2 aromatic rings. The van der Waals surface area contributed by atoms with Gasteiger partial charge in [0.05, 0.1) is 22.5 Å². The first-order valence-electron chi connectivity index (χ1n) is 5.95. The van der Waals surface area contributed by atoms with Gasteiger partial charge in [-0.05, 0) is 12.1 Å². The second kappa shape index (κ2) is 4.20. The van der Waals surface area contributed by atoms with Gasteiger partial charge in [-0.2, -0.15) is 13.2 Å². The summed E-state index contributed by atoms with van der Waals surface area (Å²) in [6.45, 7) is 0.904. The van der Waals surface area contributed by atoms with E-state index in [-0.39, 0.29) is 11.4 Å². The highest BCUT2D eigenvalue weighted by Crippen LogP contribution is 2.32. The van der Waals surface area contributed by atoms with Gasteiger partial charge >= 0.3 is 11.9 Å². The van der Waals surface area contributed by atoms with E-state index in [1.54, 1.807) is 0 Å². The monoisotopic (exact) mass is 285 g/mol. The number of alkyl halides is 3. The van der Waals surface area contributed by atoms with Gasteiger partial charge in [0, 0.05) is 13.1 Å². The number of hydrogen-bond donors (Lipinski definition) is 2. The van der Waals surface area contributed by atoms with Crippen molar-refractivity contribution in [3.8, 4) is 0 Å². The molecule has 1 aliphatic rings. The Kier molecular flexibility index (Phi) is 2.72. The summed E-state index contributed by atoms with van der Waals surface area (Å²) in [4.78, 5) is 26.3. The molecular weight excluding hydrogens is 275 g/mol. The topological polar surface area (TPSA) is 66.9 Å². The minimum atomic E-state index is -4.63. The smallest absolute Gasteiger partial charge is 0.312 e. The van der Waals surface area contributed by atoms with E-state index in [1.165, 1.54) is 6.07 Å². The molecule has 0 amide bonds. The molecule has 0 saturated carbocycles. The highest BCUT2D eigenvalue weighted by atomic mass is 19.4. The molecule has 0 aliphatic carbocycles. The Morgan fingerprint density at radius 3 is 2.45 bits per heavy atom. The van der Waals surface area contributed by atoms with Crippen LogP contribution in [0.4, 0.5) is 13.2 Å². The normalized spacial score (nSPS) is 16.4. The van der Waals surface area contributed by atoms with Gasteiger partial charge in [0.2, 0.25) is 0 Å². The van der Waals surface area contributed by atoms with E-state index in [2.05, 4.69) is 10.3 Å². The van der Waals surface area contributed by atoms with Crippen molar-refractivity contribution in [2.45, 2.75) is 12.2 Å². The number of benzene rings is 1. The van der Waals surface area contributed by atoms with Crippen LogP contribution in [-0.2, 0) is 6.18 Å². The van der Waals surface area contributed by atoms with Gasteiger partial charge in [-0.25, -0.2) is 4.79 Å². The first kappa shape index (κ1) is 12.9. The van der Waals surface area contributed by atoms with Crippen LogP contribution >= 0.6 is 0 Å². The molecular formula is C12H10F3N3O2. The Morgan fingerprint density at radius 2 is 1.90 bits per heavy atom. The summed E-state index contributed by atoms with van der Waals surface area (Å²) >= 11 is 0. The van der Waals surface area contributed by atoms with Gasteiger partial charge in [0.15, 0.2) is 0 Å². The van der Waals surface area contributed by atoms with Crippen LogP contribution in [0.1, 0.15) is 11.6 Å². The summed E-state index contributed by atoms with van der Waals surface area (Å²) in [5, 5.41) is 2.77. The Labute approximate surface area is 110 Å². The fourth-order valence-electron chi connectivity index (χ4n) is 2.28. The Hall–Kier alpha value is -2.09. The first-order chi connectivity index (χ1) is 9.39. The molecule has 2 heterocycles. The largest absolute Gasteiger partial charge is 0.418 e. The number of fused-ring (bicyclic) bond motifs is 1. The summed E-state index contributed by atoms with van der Waals surface area (Å²) in [7, 11) is 0. The maximum atomic E-state index is 12.9. The number of aromatic nitrogens is 2. The fraction of sp³-hybridized carbons (Fsp3) is 0.333. The first-order valence-corrected chi connectivity index (χ1v) is 5.95. The third-order valence-corrected chi connectivity index (χ3v) is 3.39. The van der Waals surface area contributed by atoms with Crippen LogP contribution < -0.4 is 16.6 Å². The molecule has 2 N–H and O–H groups in total. The molecule has 1 aromatic heterocycles. The maximum Gasteiger partial charge on any atom is 0.418 e. The highest BCUT2D eigenvalue weighted by molar-refractivity contribution is 5.81. The second-order valence-electron chi connectivity index (χ2n) is 4.64. The molecule has 106 valence electrons. The van der Waals surface area contributed by atoms with Gasteiger partial charge in [-0.15, -0.1) is 0 Å². The summed E-state index contributed by atoms with van der Waals surface area (Å²) in [6, 6.07) is 2.97. The van der Waals surface area contributed by atoms with Gasteiger partial charge in [-0.3, -0.25) is 9.36 Å². The molecule has 1 saturated heterocycles. The standard InChI is InChI=1S/C12H10F3N3O2/c13-12(14,15)8-3-1-2-7-9(8)17-11(20)18(10(7)19)6-4-16-5-6/h1-3,6,16H,4-5H2,(H,17,20). The Bertz CT molecular complexity index is 787. The van der Waals surface area contributed by atoms with Crippen LogP contribution in [0.2, 0.25) is 0 Å². The predicted molar refractivity (Wildman–Crippen MR) is 65.7 cm³/mol. The van der Waals surface area contributed by atoms with E-state index in [0.717, 1.165) is 16.7 Å². The number of H-pyrrole nitrogens is 1. The number of rotatable bonds is 1. The average molecular weight is 285 g/mol. The van der Waals surface area contributed by atoms with E-state index in [1.807, 2.05) is 0 Å².